The molecule has 0 saturated heterocycles. The average Bonchev–Trinajstić information content (AvgIpc) is 2.77. The van der Waals surface area contributed by atoms with Crippen LogP contribution in [0.15, 0.2) is 30.6 Å². The Morgan fingerprint density at radius 2 is 2.32 bits per heavy atom. The van der Waals surface area contributed by atoms with E-state index in [9.17, 15) is 9.18 Å². The number of anilines is 2. The summed E-state index contributed by atoms with van der Waals surface area (Å²) in [5.41, 5.74) is 7.28. The molecule has 0 unspecified atom stereocenters. The third kappa shape index (κ3) is 3.54. The Bertz CT molecular complexity index is 594. The highest BCUT2D eigenvalue weighted by Gasteiger charge is 2.07. The lowest BCUT2D eigenvalue weighted by atomic mass is 10.2. The molecule has 1 aromatic carbocycles. The number of benzene rings is 1. The largest absolute Gasteiger partial charge is 0.397 e. The summed E-state index contributed by atoms with van der Waals surface area (Å²) in [6.45, 7) is 0. The third-order valence-electron chi connectivity index (χ3n) is 2.69. The molecule has 0 aliphatic rings. The molecule has 0 fully saturated rings. The van der Waals surface area contributed by atoms with Crippen LogP contribution >= 0.6 is 0 Å². The maximum Gasteiger partial charge on any atom is 0.224 e. The summed E-state index contributed by atoms with van der Waals surface area (Å²) < 4.78 is 14.7. The van der Waals surface area contributed by atoms with Gasteiger partial charge in [0.1, 0.15) is 5.82 Å². The van der Waals surface area contributed by atoms with Crippen LogP contribution in [0.1, 0.15) is 12.0 Å². The highest BCUT2D eigenvalue weighted by Crippen LogP contribution is 2.19. The maximum atomic E-state index is 13.0. The number of nitrogens with one attached hydrogen (secondary N) is 1. The first kappa shape index (κ1) is 13.1. The van der Waals surface area contributed by atoms with E-state index in [1.54, 1.807) is 10.9 Å². The van der Waals surface area contributed by atoms with Crippen LogP contribution in [-0.4, -0.2) is 15.7 Å². The fourth-order valence-electron chi connectivity index (χ4n) is 1.71. The molecule has 0 aliphatic carbocycles. The van der Waals surface area contributed by atoms with Gasteiger partial charge in [-0.15, -0.1) is 0 Å². The minimum atomic E-state index is -0.434. The van der Waals surface area contributed by atoms with Gasteiger partial charge in [0.2, 0.25) is 5.91 Å². The van der Waals surface area contributed by atoms with Crippen molar-refractivity contribution in [2.24, 2.45) is 7.05 Å². The van der Waals surface area contributed by atoms with Crippen molar-refractivity contribution in [3.8, 4) is 0 Å². The molecular weight excluding hydrogens is 247 g/mol. The van der Waals surface area contributed by atoms with Crippen LogP contribution in [0.4, 0.5) is 15.8 Å². The lowest BCUT2D eigenvalue weighted by Gasteiger charge is -2.07. The molecular formula is C13H15FN4O. The van der Waals surface area contributed by atoms with Gasteiger partial charge in [-0.1, -0.05) is 0 Å². The minimum absolute atomic E-state index is 0.207. The van der Waals surface area contributed by atoms with Gasteiger partial charge in [-0.3, -0.25) is 9.48 Å². The second-order valence-electron chi connectivity index (χ2n) is 4.30. The molecule has 3 N–H and O–H groups in total. The van der Waals surface area contributed by atoms with E-state index >= 15 is 0 Å². The van der Waals surface area contributed by atoms with Gasteiger partial charge in [0, 0.05) is 19.7 Å². The topological polar surface area (TPSA) is 72.9 Å². The van der Waals surface area contributed by atoms with Crippen molar-refractivity contribution in [3.63, 3.8) is 0 Å². The lowest BCUT2D eigenvalue weighted by molar-refractivity contribution is -0.116. The number of nitrogens with two attached hydrogens (primary N) is 1. The zero-order valence-corrected chi connectivity index (χ0v) is 10.6. The van der Waals surface area contributed by atoms with Gasteiger partial charge in [-0.2, -0.15) is 5.10 Å². The van der Waals surface area contributed by atoms with Crippen LogP contribution in [0.5, 0.6) is 0 Å². The van der Waals surface area contributed by atoms with Crippen LogP contribution in [-0.2, 0) is 18.3 Å². The van der Waals surface area contributed by atoms with Crippen molar-refractivity contribution in [2.75, 3.05) is 11.1 Å². The number of carbonyl (C=O) groups excluding carboxylic acids is 1. The molecule has 19 heavy (non-hydrogen) atoms. The van der Waals surface area contributed by atoms with Crippen LogP contribution in [0.25, 0.3) is 0 Å². The van der Waals surface area contributed by atoms with Gasteiger partial charge in [0.15, 0.2) is 0 Å². The number of aryl methyl sites for hydroxylation is 2. The quantitative estimate of drug-likeness (QED) is 0.824. The van der Waals surface area contributed by atoms with E-state index in [0.717, 1.165) is 5.56 Å². The van der Waals surface area contributed by atoms with Crippen molar-refractivity contribution < 1.29 is 9.18 Å². The second kappa shape index (κ2) is 5.51. The van der Waals surface area contributed by atoms with E-state index in [0.29, 0.717) is 24.2 Å². The summed E-state index contributed by atoms with van der Waals surface area (Å²) in [7, 11) is 1.82. The standard InChI is InChI=1S/C13H15FN4O/c1-18-8-9(7-16-18)2-5-13(19)17-12-6-10(14)3-4-11(12)15/h3-4,6-8H,2,5,15H2,1H3,(H,17,19). The van der Waals surface area contributed by atoms with Gasteiger partial charge < -0.3 is 11.1 Å². The first-order valence-electron chi connectivity index (χ1n) is 5.87. The first-order valence-corrected chi connectivity index (χ1v) is 5.87. The molecule has 6 heteroatoms. The molecule has 0 aliphatic heterocycles. The van der Waals surface area contributed by atoms with E-state index in [2.05, 4.69) is 10.4 Å². The second-order valence-corrected chi connectivity index (χ2v) is 4.30. The van der Waals surface area contributed by atoms with Gasteiger partial charge in [-0.05, 0) is 30.2 Å². The number of aromatic nitrogens is 2. The number of hydrogen-bond donors (Lipinski definition) is 2. The van der Waals surface area contributed by atoms with Crippen molar-refractivity contribution >= 4 is 17.3 Å². The number of nitrogen functional groups attached to an aromatic ring is 1. The summed E-state index contributed by atoms with van der Waals surface area (Å²) in [5, 5.41) is 6.62. The van der Waals surface area contributed by atoms with Crippen LogP contribution in [0, 0.1) is 5.82 Å². The molecule has 5 nitrogen and oxygen atoms in total. The fourth-order valence-corrected chi connectivity index (χ4v) is 1.71. The average molecular weight is 262 g/mol. The van der Waals surface area contributed by atoms with Crippen molar-refractivity contribution in [1.82, 2.24) is 9.78 Å². The van der Waals surface area contributed by atoms with Gasteiger partial charge in [-0.25, -0.2) is 4.39 Å². The van der Waals surface area contributed by atoms with Crippen LogP contribution in [0.3, 0.4) is 0 Å². The Morgan fingerprint density at radius 3 is 3.00 bits per heavy atom. The van der Waals surface area contributed by atoms with E-state index in [4.69, 9.17) is 5.73 Å². The zero-order valence-electron chi connectivity index (χ0n) is 10.6. The fraction of sp³-hybridized carbons (Fsp3) is 0.231. The summed E-state index contributed by atoms with van der Waals surface area (Å²) in [5.74, 6) is -0.641. The van der Waals surface area contributed by atoms with Crippen LogP contribution < -0.4 is 11.1 Å². The number of halogens is 1. The van der Waals surface area contributed by atoms with E-state index < -0.39 is 5.82 Å². The zero-order chi connectivity index (χ0) is 13.8. The Kier molecular flexibility index (Phi) is 3.79. The highest BCUT2D eigenvalue weighted by molar-refractivity contribution is 5.93. The molecule has 1 heterocycles. The number of amides is 1. The summed E-state index contributed by atoms with van der Waals surface area (Å²) in [6.07, 6.45) is 4.43. The maximum absolute atomic E-state index is 13.0. The number of nitrogens with zero attached hydrogens (tertiary/aromatic N) is 2. The van der Waals surface area contributed by atoms with E-state index in [-0.39, 0.29) is 5.91 Å². The predicted octanol–water partition coefficient (Wildman–Crippen LogP) is 1.71. The Balaban J connectivity index is 1.92. The molecule has 100 valence electrons. The van der Waals surface area contributed by atoms with Gasteiger partial charge >= 0.3 is 0 Å². The van der Waals surface area contributed by atoms with Gasteiger partial charge in [0.25, 0.3) is 0 Å². The minimum Gasteiger partial charge on any atom is -0.397 e. The molecule has 0 spiro atoms. The first-order chi connectivity index (χ1) is 9.04. The Hall–Kier alpha value is -2.37. The Labute approximate surface area is 110 Å². The van der Waals surface area contributed by atoms with Crippen molar-refractivity contribution in [1.29, 1.82) is 0 Å². The summed E-state index contributed by atoms with van der Waals surface area (Å²) >= 11 is 0. The van der Waals surface area contributed by atoms with E-state index in [1.165, 1.54) is 18.2 Å². The molecule has 1 aromatic heterocycles. The van der Waals surface area contributed by atoms with E-state index in [1.807, 2.05) is 13.2 Å². The SMILES string of the molecule is Cn1cc(CCC(=O)Nc2cc(F)ccc2N)cn1. The lowest BCUT2D eigenvalue weighted by Crippen LogP contribution is -2.13. The number of carbonyl (C=O) groups is 1. The third-order valence-corrected chi connectivity index (χ3v) is 2.69. The van der Waals surface area contributed by atoms with Crippen molar-refractivity contribution in [2.45, 2.75) is 12.8 Å². The summed E-state index contributed by atoms with van der Waals surface area (Å²) in [6, 6.07) is 3.88. The number of hydrogen-bond acceptors (Lipinski definition) is 3. The molecule has 0 saturated carbocycles. The molecule has 2 rings (SSSR count). The molecule has 1 amide bonds. The normalized spacial score (nSPS) is 10.4. The Morgan fingerprint density at radius 1 is 1.53 bits per heavy atom. The van der Waals surface area contributed by atoms with Crippen LogP contribution in [0.2, 0.25) is 0 Å². The monoisotopic (exact) mass is 262 g/mol. The smallest absolute Gasteiger partial charge is 0.224 e. The molecule has 0 bridgehead atoms. The highest BCUT2D eigenvalue weighted by atomic mass is 19.1. The molecule has 2 aromatic rings. The summed E-state index contributed by atoms with van der Waals surface area (Å²) in [4.78, 5) is 11.7. The molecule has 0 radical (unpaired) electrons. The van der Waals surface area contributed by atoms with Gasteiger partial charge in [0.05, 0.1) is 17.6 Å². The molecule has 0 atom stereocenters. The van der Waals surface area contributed by atoms with Crippen molar-refractivity contribution in [3.05, 3.63) is 42.0 Å². The predicted molar refractivity (Wildman–Crippen MR) is 71.0 cm³/mol. The number of rotatable bonds is 4.